The van der Waals surface area contributed by atoms with E-state index >= 15 is 0 Å². The molecule has 0 fully saturated rings. The number of hydrogen-bond acceptors (Lipinski definition) is 5. The molecular weight excluding hydrogens is 584 g/mol. The van der Waals surface area contributed by atoms with Crippen molar-refractivity contribution in [3.63, 3.8) is 0 Å². The maximum absolute atomic E-state index is 13.2. The van der Waals surface area contributed by atoms with E-state index in [1.807, 2.05) is 60.7 Å². The molecule has 0 aliphatic carbocycles. The summed E-state index contributed by atoms with van der Waals surface area (Å²) in [6.45, 7) is 0.260. The molecule has 0 saturated heterocycles. The standard InChI is InChI=1S/C30H21FINO4/c1-35-27-17-20(15-25(32)28(27)36-18-19-7-13-24(31)14-8-19)16-26-30(34)37-29(33-26)23-11-9-22(10-12-23)21-5-3-2-4-6-21/h2-17H,18H2,1H3/b26-16-. The van der Waals surface area contributed by atoms with E-state index in [0.717, 1.165) is 20.3 Å². The lowest BCUT2D eigenvalue weighted by atomic mass is 10.0. The minimum Gasteiger partial charge on any atom is -0.493 e. The van der Waals surface area contributed by atoms with Crippen LogP contribution in [0.25, 0.3) is 17.2 Å². The summed E-state index contributed by atoms with van der Waals surface area (Å²) in [5.74, 6) is 0.512. The highest BCUT2D eigenvalue weighted by Crippen LogP contribution is 2.35. The zero-order chi connectivity index (χ0) is 25.8. The first-order valence-corrected chi connectivity index (χ1v) is 12.5. The lowest BCUT2D eigenvalue weighted by molar-refractivity contribution is -0.129. The molecule has 0 bridgehead atoms. The van der Waals surface area contributed by atoms with Gasteiger partial charge in [0.15, 0.2) is 17.2 Å². The predicted octanol–water partition coefficient (Wildman–Crippen LogP) is 7.03. The Morgan fingerprint density at radius 2 is 1.59 bits per heavy atom. The number of carbonyl (C=O) groups excluding carboxylic acids is 1. The van der Waals surface area contributed by atoms with Gasteiger partial charge in [0.05, 0.1) is 10.7 Å². The smallest absolute Gasteiger partial charge is 0.363 e. The second-order valence-electron chi connectivity index (χ2n) is 8.23. The number of benzene rings is 4. The Morgan fingerprint density at radius 3 is 2.30 bits per heavy atom. The van der Waals surface area contributed by atoms with Gasteiger partial charge in [-0.05, 0) is 87.3 Å². The van der Waals surface area contributed by atoms with Crippen LogP contribution in [-0.4, -0.2) is 19.0 Å². The number of methoxy groups -OCH3 is 1. The van der Waals surface area contributed by atoms with E-state index in [0.29, 0.717) is 22.6 Å². The molecule has 1 aliphatic heterocycles. The highest BCUT2D eigenvalue weighted by Gasteiger charge is 2.24. The number of ether oxygens (including phenoxy) is 3. The molecule has 0 atom stereocenters. The Balaban J connectivity index is 1.36. The quantitative estimate of drug-likeness (QED) is 0.129. The van der Waals surface area contributed by atoms with E-state index in [-0.39, 0.29) is 24.0 Å². The molecule has 0 aromatic heterocycles. The van der Waals surface area contributed by atoms with Gasteiger partial charge in [-0.2, -0.15) is 0 Å². The second kappa shape index (κ2) is 11.0. The Hall–Kier alpha value is -3.98. The van der Waals surface area contributed by atoms with Crippen molar-refractivity contribution in [1.29, 1.82) is 0 Å². The molecule has 184 valence electrons. The van der Waals surface area contributed by atoms with Crippen LogP contribution in [0.5, 0.6) is 11.5 Å². The van der Waals surface area contributed by atoms with E-state index < -0.39 is 5.97 Å². The average molecular weight is 605 g/mol. The zero-order valence-electron chi connectivity index (χ0n) is 19.8. The SMILES string of the molecule is COc1cc(/C=C2\N=C(c3ccc(-c4ccccc4)cc3)OC2=O)cc(I)c1OCc1ccc(F)cc1. The normalized spacial score (nSPS) is 13.9. The summed E-state index contributed by atoms with van der Waals surface area (Å²) in [7, 11) is 1.55. The van der Waals surface area contributed by atoms with Crippen molar-refractivity contribution >= 4 is 40.5 Å². The van der Waals surface area contributed by atoms with Crippen molar-refractivity contribution in [2.24, 2.45) is 4.99 Å². The monoisotopic (exact) mass is 605 g/mol. The van der Waals surface area contributed by atoms with Crippen molar-refractivity contribution in [3.8, 4) is 22.6 Å². The number of esters is 1. The van der Waals surface area contributed by atoms with Gasteiger partial charge < -0.3 is 14.2 Å². The van der Waals surface area contributed by atoms with E-state index in [4.69, 9.17) is 14.2 Å². The third-order valence-corrected chi connectivity index (χ3v) is 6.51. The fourth-order valence-corrected chi connectivity index (χ4v) is 4.61. The molecule has 5 nitrogen and oxygen atoms in total. The van der Waals surface area contributed by atoms with E-state index in [1.54, 1.807) is 31.4 Å². The van der Waals surface area contributed by atoms with Crippen molar-refractivity contribution in [1.82, 2.24) is 0 Å². The molecule has 0 unspecified atom stereocenters. The highest BCUT2D eigenvalue weighted by molar-refractivity contribution is 14.1. The van der Waals surface area contributed by atoms with Crippen LogP contribution in [0.4, 0.5) is 4.39 Å². The van der Waals surface area contributed by atoms with Gasteiger partial charge in [0.2, 0.25) is 5.90 Å². The lowest BCUT2D eigenvalue weighted by Gasteiger charge is -2.14. The van der Waals surface area contributed by atoms with Crippen molar-refractivity contribution in [3.05, 3.63) is 123 Å². The van der Waals surface area contributed by atoms with Crippen molar-refractivity contribution in [2.45, 2.75) is 6.61 Å². The minimum absolute atomic E-state index is 0.194. The summed E-state index contributed by atoms with van der Waals surface area (Å²) in [6.07, 6.45) is 1.65. The van der Waals surface area contributed by atoms with Gasteiger partial charge in [0.25, 0.3) is 0 Å². The fourth-order valence-electron chi connectivity index (χ4n) is 3.83. The van der Waals surface area contributed by atoms with Gasteiger partial charge in [-0.15, -0.1) is 0 Å². The van der Waals surface area contributed by atoms with Gasteiger partial charge in [-0.25, -0.2) is 14.2 Å². The zero-order valence-corrected chi connectivity index (χ0v) is 21.9. The third-order valence-electron chi connectivity index (χ3n) is 5.71. The number of rotatable bonds is 7. The molecule has 0 saturated carbocycles. The summed E-state index contributed by atoms with van der Waals surface area (Å²) < 4.78 is 30.9. The molecule has 7 heteroatoms. The van der Waals surface area contributed by atoms with Crippen molar-refractivity contribution in [2.75, 3.05) is 7.11 Å². The van der Waals surface area contributed by atoms with Crippen LogP contribution in [0.1, 0.15) is 16.7 Å². The number of nitrogens with zero attached hydrogens (tertiary/aromatic N) is 1. The van der Waals surface area contributed by atoms with Crippen LogP contribution in [0, 0.1) is 9.39 Å². The van der Waals surface area contributed by atoms with E-state index in [1.165, 1.54) is 12.1 Å². The van der Waals surface area contributed by atoms with Gasteiger partial charge in [-0.3, -0.25) is 0 Å². The molecule has 0 spiro atoms. The Kier molecular flexibility index (Phi) is 7.32. The molecule has 37 heavy (non-hydrogen) atoms. The van der Waals surface area contributed by atoms with E-state index in [2.05, 4.69) is 27.6 Å². The maximum Gasteiger partial charge on any atom is 0.363 e. The molecular formula is C30H21FINO4. The molecule has 4 aromatic carbocycles. The largest absolute Gasteiger partial charge is 0.493 e. The maximum atomic E-state index is 13.2. The number of carbonyl (C=O) groups is 1. The van der Waals surface area contributed by atoms with Gasteiger partial charge in [-0.1, -0.05) is 54.6 Å². The lowest BCUT2D eigenvalue weighted by Crippen LogP contribution is -2.05. The van der Waals surface area contributed by atoms with Gasteiger partial charge in [0, 0.05) is 5.56 Å². The number of aliphatic imine (C=N–C) groups is 1. The highest BCUT2D eigenvalue weighted by atomic mass is 127. The van der Waals surface area contributed by atoms with Crippen LogP contribution in [0.2, 0.25) is 0 Å². The minimum atomic E-state index is -0.521. The van der Waals surface area contributed by atoms with E-state index in [9.17, 15) is 9.18 Å². The molecule has 5 rings (SSSR count). The first-order valence-electron chi connectivity index (χ1n) is 11.4. The Morgan fingerprint density at radius 1 is 0.919 bits per heavy atom. The Labute approximate surface area is 227 Å². The molecule has 1 heterocycles. The topological polar surface area (TPSA) is 57.1 Å². The average Bonchev–Trinajstić information content (AvgIpc) is 3.29. The van der Waals surface area contributed by atoms with Crippen LogP contribution in [0.15, 0.2) is 102 Å². The number of halogens is 2. The molecule has 0 amide bonds. The molecule has 1 aliphatic rings. The van der Waals surface area contributed by atoms with Gasteiger partial charge >= 0.3 is 5.97 Å². The first-order chi connectivity index (χ1) is 18.0. The first kappa shape index (κ1) is 24.7. The van der Waals surface area contributed by atoms with Crippen LogP contribution >= 0.6 is 22.6 Å². The summed E-state index contributed by atoms with van der Waals surface area (Å²) >= 11 is 2.15. The Bertz CT molecular complexity index is 1500. The van der Waals surface area contributed by atoms with Crippen LogP contribution in [-0.2, 0) is 16.1 Å². The van der Waals surface area contributed by atoms with Crippen LogP contribution < -0.4 is 9.47 Å². The van der Waals surface area contributed by atoms with Gasteiger partial charge in [0.1, 0.15) is 12.4 Å². The summed E-state index contributed by atoms with van der Waals surface area (Å²) in [5.41, 5.74) is 4.62. The molecule has 0 radical (unpaired) electrons. The second-order valence-corrected chi connectivity index (χ2v) is 9.39. The molecule has 4 aromatic rings. The fraction of sp³-hybridized carbons (Fsp3) is 0.0667. The summed E-state index contributed by atoms with van der Waals surface area (Å²) in [4.78, 5) is 17.0. The van der Waals surface area contributed by atoms with Crippen molar-refractivity contribution < 1.29 is 23.4 Å². The summed E-state index contributed by atoms with van der Waals surface area (Å²) in [5, 5.41) is 0. The number of cyclic esters (lactones) is 1. The third kappa shape index (κ3) is 5.72. The van der Waals surface area contributed by atoms with Crippen LogP contribution in [0.3, 0.4) is 0 Å². The summed E-state index contributed by atoms with van der Waals surface area (Å²) in [6, 6.07) is 27.5. The molecule has 0 N–H and O–H groups in total. The number of hydrogen-bond donors (Lipinski definition) is 0. The predicted molar refractivity (Wildman–Crippen MR) is 149 cm³/mol.